The van der Waals surface area contributed by atoms with E-state index in [1.165, 1.54) is 48.7 Å². The Morgan fingerprint density at radius 3 is 2.45 bits per heavy atom. The van der Waals surface area contributed by atoms with Crippen LogP contribution in [-0.4, -0.2) is 29.6 Å². The van der Waals surface area contributed by atoms with Gasteiger partial charge in [-0.15, -0.1) is 0 Å². The second-order valence-corrected chi connectivity index (χ2v) is 8.03. The molecule has 9 nitrogen and oxygen atoms in total. The first kappa shape index (κ1) is 20.6. The monoisotopic (exact) mass is 453 g/mol. The van der Waals surface area contributed by atoms with E-state index in [9.17, 15) is 13.2 Å². The summed E-state index contributed by atoms with van der Waals surface area (Å²) in [6.45, 7) is 0. The summed E-state index contributed by atoms with van der Waals surface area (Å²) in [5.74, 6) is 0.224. The van der Waals surface area contributed by atoms with Gasteiger partial charge in [-0.3, -0.25) is 10.0 Å². The van der Waals surface area contributed by atoms with Crippen LogP contribution in [-0.2, 0) is 10.0 Å². The molecule has 0 fully saturated rings. The highest BCUT2D eigenvalue weighted by Gasteiger charge is 2.16. The molecule has 12 heteroatoms. The van der Waals surface area contributed by atoms with Crippen LogP contribution in [0.1, 0.15) is 0 Å². The van der Waals surface area contributed by atoms with E-state index in [1.807, 2.05) is 0 Å². The molecular formula is C17H13Cl2N5O4S. The first-order valence-corrected chi connectivity index (χ1v) is 10.1. The predicted octanol–water partition coefficient (Wildman–Crippen LogP) is 4.42. The minimum Gasteiger partial charge on any atom is -0.465 e. The Kier molecular flexibility index (Phi) is 6.06. The number of rotatable bonds is 6. The van der Waals surface area contributed by atoms with Gasteiger partial charge < -0.3 is 10.4 Å². The maximum atomic E-state index is 12.7. The van der Waals surface area contributed by atoms with E-state index in [-0.39, 0.29) is 32.4 Å². The van der Waals surface area contributed by atoms with Crippen LogP contribution in [0.25, 0.3) is 0 Å². The lowest BCUT2D eigenvalue weighted by molar-refractivity contribution is 0.210. The number of aromatic nitrogens is 2. The van der Waals surface area contributed by atoms with Crippen LogP contribution in [0, 0.1) is 0 Å². The standard InChI is InChI=1S/C17H13Cl2N5O4S/c18-14-9-20-16(19)23-15(14)21-11-4-2-6-13(8-11)29(27,28)24-12-5-1-3-10(7-12)22-17(25)26/h1-9,22,24H,(H,25,26)(H,20,21,23). The average molecular weight is 454 g/mol. The summed E-state index contributed by atoms with van der Waals surface area (Å²) in [6, 6.07) is 11.8. The van der Waals surface area contributed by atoms with Gasteiger partial charge in [0.2, 0.25) is 5.28 Å². The first-order chi connectivity index (χ1) is 13.7. The fraction of sp³-hybridized carbons (Fsp3) is 0. The topological polar surface area (TPSA) is 133 Å². The van der Waals surface area contributed by atoms with Crippen LogP contribution in [0.2, 0.25) is 10.3 Å². The summed E-state index contributed by atoms with van der Waals surface area (Å²) in [7, 11) is -3.95. The summed E-state index contributed by atoms with van der Waals surface area (Å²) in [6.07, 6.45) is 0.0618. The molecule has 0 bridgehead atoms. The fourth-order valence-electron chi connectivity index (χ4n) is 2.31. The molecule has 0 spiro atoms. The number of nitrogens with zero attached hydrogens (tertiary/aromatic N) is 2. The molecule has 1 aromatic heterocycles. The third kappa shape index (κ3) is 5.47. The molecule has 1 amide bonds. The lowest BCUT2D eigenvalue weighted by Crippen LogP contribution is -2.14. The first-order valence-electron chi connectivity index (χ1n) is 7.91. The molecule has 150 valence electrons. The minimum absolute atomic E-state index is 0.0165. The molecule has 0 aliphatic carbocycles. The maximum Gasteiger partial charge on any atom is 0.409 e. The summed E-state index contributed by atoms with van der Waals surface area (Å²) < 4.78 is 27.8. The van der Waals surface area contributed by atoms with Crippen LogP contribution >= 0.6 is 23.2 Å². The van der Waals surface area contributed by atoms with Crippen LogP contribution in [0.15, 0.2) is 59.6 Å². The van der Waals surface area contributed by atoms with E-state index >= 15 is 0 Å². The molecule has 0 saturated carbocycles. The third-order valence-corrected chi connectivity index (χ3v) is 5.33. The molecule has 0 unspecified atom stereocenters. The molecule has 1 heterocycles. The van der Waals surface area contributed by atoms with Crippen molar-refractivity contribution >= 4 is 62.2 Å². The normalized spacial score (nSPS) is 11.0. The molecular weight excluding hydrogens is 441 g/mol. The molecule has 4 N–H and O–H groups in total. The lowest BCUT2D eigenvalue weighted by Gasteiger charge is -2.12. The summed E-state index contributed by atoms with van der Waals surface area (Å²) >= 11 is 11.8. The number of benzene rings is 2. The van der Waals surface area contributed by atoms with Gasteiger partial charge >= 0.3 is 6.09 Å². The van der Waals surface area contributed by atoms with Gasteiger partial charge in [0.1, 0.15) is 5.02 Å². The van der Waals surface area contributed by atoms with E-state index in [0.29, 0.717) is 5.69 Å². The van der Waals surface area contributed by atoms with Crippen molar-refractivity contribution in [1.82, 2.24) is 9.97 Å². The van der Waals surface area contributed by atoms with Crippen molar-refractivity contribution in [3.8, 4) is 0 Å². The van der Waals surface area contributed by atoms with Gasteiger partial charge in [0.15, 0.2) is 5.82 Å². The maximum absolute atomic E-state index is 12.7. The van der Waals surface area contributed by atoms with E-state index in [0.717, 1.165) is 0 Å². The van der Waals surface area contributed by atoms with E-state index in [4.69, 9.17) is 28.3 Å². The van der Waals surface area contributed by atoms with Crippen LogP contribution in [0.4, 0.5) is 27.7 Å². The van der Waals surface area contributed by atoms with Crippen LogP contribution < -0.4 is 15.4 Å². The second kappa shape index (κ2) is 8.52. The quantitative estimate of drug-likeness (QED) is 0.405. The van der Waals surface area contributed by atoms with Crippen LogP contribution in [0.5, 0.6) is 0 Å². The molecule has 0 atom stereocenters. The Hall–Kier alpha value is -3.08. The van der Waals surface area contributed by atoms with E-state index in [1.54, 1.807) is 6.07 Å². The second-order valence-electron chi connectivity index (χ2n) is 5.60. The number of hydrogen-bond donors (Lipinski definition) is 4. The van der Waals surface area contributed by atoms with Crippen molar-refractivity contribution in [2.45, 2.75) is 4.90 Å². The number of carboxylic acid groups (broad SMARTS) is 1. The van der Waals surface area contributed by atoms with Gasteiger partial charge in [0, 0.05) is 11.4 Å². The van der Waals surface area contributed by atoms with Crippen molar-refractivity contribution in [2.24, 2.45) is 0 Å². The van der Waals surface area contributed by atoms with Crippen LogP contribution in [0.3, 0.4) is 0 Å². The molecule has 3 aromatic rings. The number of carbonyl (C=O) groups is 1. The number of nitrogens with one attached hydrogen (secondary N) is 3. The Labute approximate surface area is 175 Å². The highest BCUT2D eigenvalue weighted by molar-refractivity contribution is 7.92. The summed E-state index contributed by atoms with van der Waals surface area (Å²) in [5.41, 5.74) is 0.828. The molecule has 29 heavy (non-hydrogen) atoms. The zero-order valence-corrected chi connectivity index (χ0v) is 16.8. The molecule has 0 aliphatic rings. The Morgan fingerprint density at radius 1 is 1.00 bits per heavy atom. The lowest BCUT2D eigenvalue weighted by atomic mass is 10.3. The van der Waals surface area contributed by atoms with Crippen molar-refractivity contribution in [3.05, 3.63) is 65.0 Å². The van der Waals surface area contributed by atoms with Gasteiger partial charge in [0.05, 0.1) is 16.8 Å². The Morgan fingerprint density at radius 2 is 1.69 bits per heavy atom. The molecule has 2 aromatic carbocycles. The molecule has 0 saturated heterocycles. The van der Waals surface area contributed by atoms with Crippen molar-refractivity contribution in [2.75, 3.05) is 15.4 Å². The number of hydrogen-bond acceptors (Lipinski definition) is 6. The number of sulfonamides is 1. The van der Waals surface area contributed by atoms with Gasteiger partial charge in [0.25, 0.3) is 10.0 Å². The fourth-order valence-corrected chi connectivity index (χ4v) is 3.68. The van der Waals surface area contributed by atoms with Crippen molar-refractivity contribution in [3.63, 3.8) is 0 Å². The molecule has 0 radical (unpaired) electrons. The highest BCUT2D eigenvalue weighted by Crippen LogP contribution is 2.26. The number of amides is 1. The largest absolute Gasteiger partial charge is 0.465 e. The SMILES string of the molecule is O=C(O)Nc1cccc(NS(=O)(=O)c2cccc(Nc3nc(Cl)ncc3Cl)c2)c1. The zero-order valence-electron chi connectivity index (χ0n) is 14.4. The number of anilines is 4. The van der Waals surface area contributed by atoms with E-state index in [2.05, 4.69) is 25.3 Å². The molecule has 3 rings (SSSR count). The average Bonchev–Trinajstić information content (AvgIpc) is 2.64. The van der Waals surface area contributed by atoms with Crippen molar-refractivity contribution in [1.29, 1.82) is 0 Å². The number of halogens is 2. The highest BCUT2D eigenvalue weighted by atomic mass is 35.5. The molecule has 0 aliphatic heterocycles. The summed E-state index contributed by atoms with van der Waals surface area (Å²) in [4.78, 5) is 18.4. The minimum atomic E-state index is -3.95. The smallest absolute Gasteiger partial charge is 0.409 e. The predicted molar refractivity (Wildman–Crippen MR) is 111 cm³/mol. The van der Waals surface area contributed by atoms with Gasteiger partial charge in [-0.1, -0.05) is 23.7 Å². The third-order valence-electron chi connectivity index (χ3n) is 3.49. The van der Waals surface area contributed by atoms with Gasteiger partial charge in [-0.2, -0.15) is 4.98 Å². The van der Waals surface area contributed by atoms with Gasteiger partial charge in [-0.05, 0) is 48.0 Å². The van der Waals surface area contributed by atoms with Gasteiger partial charge in [-0.25, -0.2) is 18.2 Å². The van der Waals surface area contributed by atoms with E-state index < -0.39 is 16.1 Å². The zero-order chi connectivity index (χ0) is 21.0. The van der Waals surface area contributed by atoms with Crippen molar-refractivity contribution < 1.29 is 18.3 Å². The Bertz CT molecular complexity index is 1170. The Balaban J connectivity index is 1.83. The summed E-state index contributed by atoms with van der Waals surface area (Å²) in [5, 5.41) is 14.0.